The molecule has 7 nitrogen and oxygen atoms in total. The number of benzene rings is 2. The lowest BCUT2D eigenvalue weighted by Gasteiger charge is -2.39. The van der Waals surface area contributed by atoms with Gasteiger partial charge in [0, 0.05) is 51.3 Å². The molecule has 36 heavy (non-hydrogen) atoms. The van der Waals surface area contributed by atoms with Crippen LogP contribution in [0.1, 0.15) is 28.6 Å². The summed E-state index contributed by atoms with van der Waals surface area (Å²) >= 11 is 1.62. The molecule has 1 aliphatic rings. The Morgan fingerprint density at radius 3 is 2.50 bits per heavy atom. The number of carbonyl (C=O) groups excluding carboxylic acids is 1. The van der Waals surface area contributed by atoms with Gasteiger partial charge in [0.2, 0.25) is 5.91 Å². The Labute approximate surface area is 211 Å². The van der Waals surface area contributed by atoms with E-state index in [1.165, 1.54) is 12.1 Å². The van der Waals surface area contributed by atoms with E-state index in [1.807, 2.05) is 25.1 Å². The second kappa shape index (κ2) is 11.1. The van der Waals surface area contributed by atoms with Crippen LogP contribution in [0.3, 0.4) is 0 Å². The van der Waals surface area contributed by atoms with Gasteiger partial charge in [-0.3, -0.25) is 14.6 Å². The van der Waals surface area contributed by atoms with Crippen LogP contribution in [0.4, 0.5) is 13.2 Å². The largest absolute Gasteiger partial charge is 0.491 e. The van der Waals surface area contributed by atoms with Crippen molar-refractivity contribution in [2.45, 2.75) is 31.7 Å². The Bertz CT molecular complexity index is 1180. The number of aliphatic hydroxyl groups is 1. The minimum atomic E-state index is -4.42. The maximum Gasteiger partial charge on any atom is 0.416 e. The first-order chi connectivity index (χ1) is 17.1. The van der Waals surface area contributed by atoms with Crippen molar-refractivity contribution in [3.63, 3.8) is 0 Å². The summed E-state index contributed by atoms with van der Waals surface area (Å²) < 4.78 is 45.6. The lowest BCUT2D eigenvalue weighted by molar-refractivity contribution is -0.137. The highest BCUT2D eigenvalue weighted by Gasteiger charge is 2.31. The van der Waals surface area contributed by atoms with Crippen molar-refractivity contribution in [1.29, 1.82) is 0 Å². The summed E-state index contributed by atoms with van der Waals surface area (Å²) in [5, 5.41) is 11.5. The van der Waals surface area contributed by atoms with Gasteiger partial charge >= 0.3 is 6.18 Å². The standard InChI is InChI=1S/C25H29F3N4O3S/c1-16-30-21-12-20(6-7-23(21)36-16)35-15-19(33)14-31-8-10-32(11-9-31)22(13-24(29)34)17-2-4-18(5-3-17)25(26,27)28/h2-7,12,19,22,33H,8-11,13-15H2,1H3,(H2,29,34). The van der Waals surface area contributed by atoms with E-state index < -0.39 is 29.8 Å². The number of nitrogens with zero attached hydrogens (tertiary/aromatic N) is 3. The van der Waals surface area contributed by atoms with Crippen molar-refractivity contribution in [2.24, 2.45) is 5.73 Å². The molecular weight excluding hydrogens is 493 g/mol. The summed E-state index contributed by atoms with van der Waals surface area (Å²) in [6.45, 7) is 4.97. The normalized spacial score (nSPS) is 17.2. The molecule has 1 aromatic heterocycles. The van der Waals surface area contributed by atoms with E-state index in [4.69, 9.17) is 10.5 Å². The number of aliphatic hydroxyl groups excluding tert-OH is 1. The van der Waals surface area contributed by atoms with E-state index in [9.17, 15) is 23.1 Å². The molecule has 3 aromatic rings. The Hall–Kier alpha value is -2.73. The predicted molar refractivity (Wildman–Crippen MR) is 132 cm³/mol. The number of nitrogens with two attached hydrogens (primary N) is 1. The third kappa shape index (κ3) is 6.73. The number of aryl methyl sites for hydroxylation is 1. The Balaban J connectivity index is 1.29. The van der Waals surface area contributed by atoms with Crippen molar-refractivity contribution in [3.05, 3.63) is 58.6 Å². The molecule has 2 heterocycles. The van der Waals surface area contributed by atoms with Gasteiger partial charge in [-0.2, -0.15) is 13.2 Å². The molecular formula is C25H29F3N4O3S. The maximum atomic E-state index is 12.9. The number of fused-ring (bicyclic) bond motifs is 1. The van der Waals surface area contributed by atoms with Gasteiger partial charge in [-0.05, 0) is 36.8 Å². The second-order valence-corrected chi connectivity index (χ2v) is 10.2. The molecule has 1 saturated heterocycles. The van der Waals surface area contributed by atoms with Crippen LogP contribution in [0.15, 0.2) is 42.5 Å². The minimum Gasteiger partial charge on any atom is -0.491 e. The molecule has 194 valence electrons. The molecule has 11 heteroatoms. The zero-order valence-corrected chi connectivity index (χ0v) is 20.7. The third-order valence-corrected chi connectivity index (χ3v) is 7.19. The molecule has 0 bridgehead atoms. The highest BCUT2D eigenvalue weighted by atomic mass is 32.1. The van der Waals surface area contributed by atoms with Gasteiger partial charge < -0.3 is 15.6 Å². The van der Waals surface area contributed by atoms with Gasteiger partial charge in [-0.15, -0.1) is 11.3 Å². The molecule has 0 spiro atoms. The molecule has 4 rings (SSSR count). The summed E-state index contributed by atoms with van der Waals surface area (Å²) in [6, 6.07) is 10.2. The molecule has 1 fully saturated rings. The summed E-state index contributed by atoms with van der Waals surface area (Å²) in [6.07, 6.45) is -5.09. The van der Waals surface area contributed by atoms with E-state index in [-0.39, 0.29) is 13.0 Å². The van der Waals surface area contributed by atoms with Gasteiger partial charge in [0.05, 0.1) is 20.8 Å². The maximum absolute atomic E-state index is 12.9. The number of β-amino-alcohol motifs (C(OH)–C–C–N with tert-alkyl or cyclic N) is 1. The molecule has 1 aliphatic heterocycles. The minimum absolute atomic E-state index is 0.0185. The van der Waals surface area contributed by atoms with Gasteiger partial charge in [-0.1, -0.05) is 12.1 Å². The quantitative estimate of drug-likeness (QED) is 0.446. The van der Waals surface area contributed by atoms with E-state index >= 15 is 0 Å². The van der Waals surface area contributed by atoms with E-state index in [0.29, 0.717) is 44.0 Å². The monoisotopic (exact) mass is 522 g/mol. The average molecular weight is 523 g/mol. The molecule has 2 atom stereocenters. The molecule has 3 N–H and O–H groups in total. The fourth-order valence-corrected chi connectivity index (χ4v) is 5.26. The summed E-state index contributed by atoms with van der Waals surface area (Å²) in [4.78, 5) is 20.3. The number of piperazine rings is 1. The van der Waals surface area contributed by atoms with Crippen molar-refractivity contribution < 1.29 is 27.8 Å². The number of carbonyl (C=O) groups is 1. The Kier molecular flexibility index (Phi) is 8.13. The molecule has 0 radical (unpaired) electrons. The Morgan fingerprint density at radius 1 is 1.17 bits per heavy atom. The van der Waals surface area contributed by atoms with Crippen LogP contribution in [0.2, 0.25) is 0 Å². The van der Waals surface area contributed by atoms with Gasteiger partial charge in [0.1, 0.15) is 18.5 Å². The highest BCUT2D eigenvalue weighted by Crippen LogP contribution is 2.32. The number of primary amides is 1. The number of ether oxygens (including phenoxy) is 1. The van der Waals surface area contributed by atoms with Crippen LogP contribution in [0.25, 0.3) is 10.2 Å². The summed E-state index contributed by atoms with van der Waals surface area (Å²) in [5.74, 6) is 0.142. The zero-order valence-electron chi connectivity index (χ0n) is 19.9. The van der Waals surface area contributed by atoms with Crippen molar-refractivity contribution in [1.82, 2.24) is 14.8 Å². The lowest BCUT2D eigenvalue weighted by atomic mass is 9.99. The van der Waals surface area contributed by atoms with Gasteiger partial charge in [-0.25, -0.2) is 4.98 Å². The smallest absolute Gasteiger partial charge is 0.416 e. The molecule has 2 unspecified atom stereocenters. The van der Waals surface area contributed by atoms with Crippen molar-refractivity contribution >= 4 is 27.5 Å². The number of halogens is 3. The number of hydrogen-bond acceptors (Lipinski definition) is 7. The fraction of sp³-hybridized carbons (Fsp3) is 0.440. The number of amides is 1. The van der Waals surface area contributed by atoms with Crippen molar-refractivity contribution in [3.8, 4) is 5.75 Å². The van der Waals surface area contributed by atoms with Gasteiger partial charge in [0.25, 0.3) is 0 Å². The van der Waals surface area contributed by atoms with Crippen LogP contribution < -0.4 is 10.5 Å². The second-order valence-electron chi connectivity index (χ2n) is 8.97. The Morgan fingerprint density at radius 2 is 1.86 bits per heavy atom. The van der Waals surface area contributed by atoms with Crippen LogP contribution in [0.5, 0.6) is 5.75 Å². The average Bonchev–Trinajstić information content (AvgIpc) is 3.20. The highest BCUT2D eigenvalue weighted by molar-refractivity contribution is 7.18. The van der Waals surface area contributed by atoms with E-state index in [1.54, 1.807) is 11.3 Å². The first-order valence-corrected chi connectivity index (χ1v) is 12.5. The molecule has 0 aliphatic carbocycles. The first-order valence-electron chi connectivity index (χ1n) is 11.7. The van der Waals surface area contributed by atoms with Crippen LogP contribution >= 0.6 is 11.3 Å². The number of alkyl halides is 3. The van der Waals surface area contributed by atoms with E-state index in [2.05, 4.69) is 14.8 Å². The van der Waals surface area contributed by atoms with Crippen LogP contribution in [-0.4, -0.2) is 71.2 Å². The predicted octanol–water partition coefficient (Wildman–Crippen LogP) is 3.60. The SMILES string of the molecule is Cc1nc2cc(OCC(O)CN3CCN(C(CC(N)=O)c4ccc(C(F)(F)F)cc4)CC3)ccc2s1. The lowest BCUT2D eigenvalue weighted by Crippen LogP contribution is -2.50. The first kappa shape index (κ1) is 26.3. The molecule has 1 amide bonds. The third-order valence-electron chi connectivity index (χ3n) is 6.24. The summed E-state index contributed by atoms with van der Waals surface area (Å²) in [5.41, 5.74) is 6.20. The number of aromatic nitrogens is 1. The van der Waals surface area contributed by atoms with Crippen molar-refractivity contribution in [2.75, 3.05) is 39.3 Å². The van der Waals surface area contributed by atoms with E-state index in [0.717, 1.165) is 27.4 Å². The fourth-order valence-electron chi connectivity index (χ4n) is 4.46. The van der Waals surface area contributed by atoms with Crippen LogP contribution in [-0.2, 0) is 11.0 Å². The summed E-state index contributed by atoms with van der Waals surface area (Å²) in [7, 11) is 0. The topological polar surface area (TPSA) is 91.9 Å². The van der Waals surface area contributed by atoms with Crippen LogP contribution in [0, 0.1) is 6.92 Å². The molecule has 0 saturated carbocycles. The number of thiazole rings is 1. The van der Waals surface area contributed by atoms with Gasteiger partial charge in [0.15, 0.2) is 0 Å². The number of rotatable bonds is 9. The zero-order chi connectivity index (χ0) is 25.9. The number of hydrogen-bond donors (Lipinski definition) is 2. The molecule has 2 aromatic carbocycles.